The molecule has 0 saturated carbocycles. The van der Waals surface area contributed by atoms with Gasteiger partial charge in [-0.2, -0.15) is 4.31 Å². The van der Waals surface area contributed by atoms with Crippen molar-refractivity contribution in [3.8, 4) is 0 Å². The lowest BCUT2D eigenvalue weighted by atomic mass is 10.2. The van der Waals surface area contributed by atoms with Crippen molar-refractivity contribution in [3.05, 3.63) is 27.2 Å². The van der Waals surface area contributed by atoms with Gasteiger partial charge in [0.15, 0.2) is 0 Å². The molecule has 1 atom stereocenters. The van der Waals surface area contributed by atoms with Gasteiger partial charge in [0, 0.05) is 24.7 Å². The summed E-state index contributed by atoms with van der Waals surface area (Å²) in [5.41, 5.74) is -0.257. The molecule has 1 N–H and O–H groups in total. The monoisotopic (exact) mass is 397 g/mol. The van der Waals surface area contributed by atoms with Gasteiger partial charge in [0.25, 0.3) is 0 Å². The molecule has 0 spiro atoms. The summed E-state index contributed by atoms with van der Waals surface area (Å²) in [5, 5.41) is 9.06. The molecule has 21 heavy (non-hydrogen) atoms. The topological polar surface area (TPSA) is 83.9 Å². The summed E-state index contributed by atoms with van der Waals surface area (Å²) in [7, 11) is -2.25. The van der Waals surface area contributed by atoms with Crippen molar-refractivity contribution in [1.82, 2.24) is 4.31 Å². The predicted octanol–water partition coefficient (Wildman–Crippen LogP) is 2.21. The Morgan fingerprint density at radius 2 is 2.19 bits per heavy atom. The number of nitrogens with zero attached hydrogens (tertiary/aromatic N) is 1. The van der Waals surface area contributed by atoms with Crippen LogP contribution in [0.15, 0.2) is 21.5 Å². The maximum absolute atomic E-state index is 12.5. The van der Waals surface area contributed by atoms with E-state index < -0.39 is 16.0 Å². The van der Waals surface area contributed by atoms with Crippen molar-refractivity contribution in [2.24, 2.45) is 0 Å². The molecule has 1 aromatic carbocycles. The SMILES string of the molecule is COC1CCN(S(=O)(=O)c2cc(Br)c(Cl)c(C(=O)O)c2)C1. The second-order valence-corrected chi connectivity index (χ2v) is 7.75. The minimum Gasteiger partial charge on any atom is -0.478 e. The van der Waals surface area contributed by atoms with Crippen LogP contribution in [0.3, 0.4) is 0 Å². The molecule has 0 aliphatic carbocycles. The van der Waals surface area contributed by atoms with Gasteiger partial charge in [-0.25, -0.2) is 13.2 Å². The summed E-state index contributed by atoms with van der Waals surface area (Å²) in [6.07, 6.45) is 0.463. The van der Waals surface area contributed by atoms with E-state index in [1.165, 1.54) is 17.5 Å². The third-order valence-corrected chi connectivity index (χ3v) is 6.41. The lowest BCUT2D eigenvalue weighted by Crippen LogP contribution is -2.30. The van der Waals surface area contributed by atoms with Crippen molar-refractivity contribution in [2.75, 3.05) is 20.2 Å². The Balaban J connectivity index is 2.44. The van der Waals surface area contributed by atoms with Gasteiger partial charge in [0.05, 0.1) is 21.6 Å². The third-order valence-electron chi connectivity index (χ3n) is 3.31. The zero-order valence-electron chi connectivity index (χ0n) is 11.0. The van der Waals surface area contributed by atoms with Crippen LogP contribution >= 0.6 is 27.5 Å². The number of benzene rings is 1. The van der Waals surface area contributed by atoms with E-state index in [1.807, 2.05) is 0 Å². The summed E-state index contributed by atoms with van der Waals surface area (Å²) in [4.78, 5) is 11.0. The molecule has 1 saturated heterocycles. The van der Waals surface area contributed by atoms with Gasteiger partial charge in [0.2, 0.25) is 10.0 Å². The van der Waals surface area contributed by atoms with E-state index in [0.717, 1.165) is 6.07 Å². The molecule has 2 rings (SSSR count). The van der Waals surface area contributed by atoms with Crippen molar-refractivity contribution in [2.45, 2.75) is 17.4 Å². The molecular formula is C12H13BrClNO5S. The van der Waals surface area contributed by atoms with Crippen molar-refractivity contribution in [3.63, 3.8) is 0 Å². The molecule has 0 aromatic heterocycles. The third kappa shape index (κ3) is 3.24. The molecule has 1 aliphatic heterocycles. The Hall–Kier alpha value is -0.670. The number of carboxylic acids is 1. The normalized spacial score (nSPS) is 19.9. The van der Waals surface area contributed by atoms with Gasteiger partial charge in [-0.3, -0.25) is 0 Å². The molecule has 0 radical (unpaired) electrons. The van der Waals surface area contributed by atoms with Crippen molar-refractivity contribution in [1.29, 1.82) is 0 Å². The van der Waals surface area contributed by atoms with Gasteiger partial charge in [-0.05, 0) is 34.5 Å². The van der Waals surface area contributed by atoms with Crippen LogP contribution in [0.4, 0.5) is 0 Å². The minimum absolute atomic E-state index is 0.0300. The van der Waals surface area contributed by atoms with Crippen molar-refractivity contribution >= 4 is 43.5 Å². The maximum Gasteiger partial charge on any atom is 0.337 e. The summed E-state index contributed by atoms with van der Waals surface area (Å²) in [6, 6.07) is 2.38. The molecule has 116 valence electrons. The van der Waals surface area contributed by atoms with Crippen LogP contribution in [0.25, 0.3) is 0 Å². The van der Waals surface area contributed by atoms with Crippen LogP contribution in [-0.4, -0.2) is 50.1 Å². The molecule has 9 heteroatoms. The van der Waals surface area contributed by atoms with E-state index in [2.05, 4.69) is 15.9 Å². The van der Waals surface area contributed by atoms with Crippen LogP contribution in [0, 0.1) is 0 Å². The summed E-state index contributed by atoms with van der Waals surface area (Å²) < 4.78 is 31.7. The van der Waals surface area contributed by atoms with E-state index in [-0.39, 0.29) is 32.6 Å². The van der Waals surface area contributed by atoms with E-state index >= 15 is 0 Å². The number of carboxylic acid groups (broad SMARTS) is 1. The maximum atomic E-state index is 12.5. The van der Waals surface area contributed by atoms with Crippen LogP contribution in [0.5, 0.6) is 0 Å². The highest BCUT2D eigenvalue weighted by Gasteiger charge is 2.33. The van der Waals surface area contributed by atoms with E-state index in [9.17, 15) is 13.2 Å². The quantitative estimate of drug-likeness (QED) is 0.840. The molecule has 1 fully saturated rings. The molecule has 6 nitrogen and oxygen atoms in total. The first-order chi connectivity index (χ1) is 9.77. The molecule has 0 amide bonds. The number of aromatic carboxylic acids is 1. The average molecular weight is 399 g/mol. The van der Waals surface area contributed by atoms with Crippen molar-refractivity contribution < 1.29 is 23.1 Å². The summed E-state index contributed by atoms with van der Waals surface area (Å²) in [5.74, 6) is -1.28. The first-order valence-corrected chi connectivity index (χ1v) is 8.63. The number of halogens is 2. The molecule has 1 unspecified atom stereocenters. The first-order valence-electron chi connectivity index (χ1n) is 6.02. The first kappa shape index (κ1) is 16.7. The molecular weight excluding hydrogens is 386 g/mol. The van der Waals surface area contributed by atoms with Gasteiger partial charge in [-0.1, -0.05) is 11.6 Å². The zero-order chi connectivity index (χ0) is 15.8. The van der Waals surface area contributed by atoms with E-state index in [0.29, 0.717) is 13.0 Å². The van der Waals surface area contributed by atoms with E-state index in [4.69, 9.17) is 21.4 Å². The smallest absolute Gasteiger partial charge is 0.337 e. The molecule has 1 aromatic rings. The number of rotatable bonds is 4. The van der Waals surface area contributed by atoms with Crippen LogP contribution < -0.4 is 0 Å². The molecule has 1 aliphatic rings. The van der Waals surface area contributed by atoms with Crippen LogP contribution in [0.1, 0.15) is 16.8 Å². The van der Waals surface area contributed by atoms with Crippen LogP contribution in [-0.2, 0) is 14.8 Å². The Morgan fingerprint density at radius 3 is 2.71 bits per heavy atom. The van der Waals surface area contributed by atoms with Gasteiger partial charge < -0.3 is 9.84 Å². The lowest BCUT2D eigenvalue weighted by Gasteiger charge is -2.17. The fourth-order valence-corrected chi connectivity index (χ4v) is 4.47. The second kappa shape index (κ2) is 6.21. The number of hydrogen-bond donors (Lipinski definition) is 1. The lowest BCUT2D eigenvalue weighted by molar-refractivity contribution is 0.0696. The fourth-order valence-electron chi connectivity index (χ4n) is 2.13. The Labute approximate surface area is 135 Å². The highest BCUT2D eigenvalue weighted by Crippen LogP contribution is 2.32. The second-order valence-electron chi connectivity index (χ2n) is 4.58. The number of hydrogen-bond acceptors (Lipinski definition) is 4. The number of sulfonamides is 1. The summed E-state index contributed by atoms with van der Waals surface area (Å²) in [6.45, 7) is 0.588. The van der Waals surface area contributed by atoms with Gasteiger partial charge in [0.1, 0.15) is 0 Å². The van der Waals surface area contributed by atoms with Crippen LogP contribution in [0.2, 0.25) is 5.02 Å². The standard InChI is InChI=1S/C12H13BrClNO5S/c1-20-7-2-3-15(6-7)21(18,19)8-4-9(12(16)17)11(14)10(13)5-8/h4-5,7H,2-3,6H2,1H3,(H,16,17). The number of methoxy groups -OCH3 is 1. The number of ether oxygens (including phenoxy) is 1. The average Bonchev–Trinajstić information content (AvgIpc) is 2.90. The highest BCUT2D eigenvalue weighted by molar-refractivity contribution is 9.10. The van der Waals surface area contributed by atoms with Gasteiger partial charge in [-0.15, -0.1) is 0 Å². The molecule has 0 bridgehead atoms. The Bertz CT molecular complexity index is 678. The fraction of sp³-hybridized carbons (Fsp3) is 0.417. The molecule has 1 heterocycles. The predicted molar refractivity (Wildman–Crippen MR) is 80.3 cm³/mol. The Morgan fingerprint density at radius 1 is 1.52 bits per heavy atom. The largest absolute Gasteiger partial charge is 0.478 e. The summed E-state index contributed by atoms with van der Waals surface area (Å²) >= 11 is 8.95. The number of carbonyl (C=O) groups is 1. The zero-order valence-corrected chi connectivity index (χ0v) is 14.2. The van der Waals surface area contributed by atoms with E-state index in [1.54, 1.807) is 0 Å². The van der Waals surface area contributed by atoms with Gasteiger partial charge >= 0.3 is 5.97 Å². The minimum atomic E-state index is -3.78. The highest BCUT2D eigenvalue weighted by atomic mass is 79.9. The Kier molecular flexibility index (Phi) is 4.94.